The first-order valence-corrected chi connectivity index (χ1v) is 10.5. The van der Waals surface area contributed by atoms with Crippen molar-refractivity contribution in [3.05, 3.63) is 77.9 Å². The fourth-order valence-electron chi connectivity index (χ4n) is 2.55. The van der Waals surface area contributed by atoms with Gasteiger partial charge in [-0.05, 0) is 30.5 Å². The van der Waals surface area contributed by atoms with Crippen LogP contribution in [0.25, 0.3) is 0 Å². The molecule has 0 aliphatic heterocycles. The molecule has 3 heteroatoms. The highest BCUT2D eigenvalue weighted by atomic mass is 32.2. The van der Waals surface area contributed by atoms with Crippen molar-refractivity contribution in [2.24, 2.45) is 0 Å². The lowest BCUT2D eigenvalue weighted by molar-refractivity contribution is 0.137. The normalized spacial score (nSPS) is 13.7. The highest BCUT2D eigenvalue weighted by molar-refractivity contribution is 7.99. The van der Waals surface area contributed by atoms with Crippen molar-refractivity contribution in [2.75, 3.05) is 26.5 Å². The Kier molecular flexibility index (Phi) is 9.33. The number of unbranched alkanes of at least 4 members (excludes halogenated alkanes) is 2. The van der Waals surface area contributed by atoms with E-state index in [9.17, 15) is 0 Å². The molecule has 0 bridgehead atoms. The van der Waals surface area contributed by atoms with E-state index in [1.54, 1.807) is 24.9 Å². The smallest absolute Gasteiger partial charge is 0.116 e. The zero-order valence-corrected chi connectivity index (χ0v) is 17.5. The quantitative estimate of drug-likeness (QED) is 0.292. The molecule has 0 saturated heterocycles. The molecule has 0 saturated carbocycles. The molecule has 1 atom stereocenters. The van der Waals surface area contributed by atoms with Crippen molar-refractivity contribution in [3.8, 4) is 23.7 Å². The van der Waals surface area contributed by atoms with Gasteiger partial charge in [0.15, 0.2) is 0 Å². The van der Waals surface area contributed by atoms with Gasteiger partial charge in [-0.15, -0.1) is 11.8 Å². The predicted molar refractivity (Wildman–Crippen MR) is 123 cm³/mol. The van der Waals surface area contributed by atoms with E-state index in [0.29, 0.717) is 24.4 Å². The third kappa shape index (κ3) is 9.07. The van der Waals surface area contributed by atoms with Crippen molar-refractivity contribution in [2.45, 2.75) is 30.3 Å². The van der Waals surface area contributed by atoms with Crippen LogP contribution in [-0.4, -0.2) is 26.5 Å². The molecule has 0 aromatic heterocycles. The van der Waals surface area contributed by atoms with Gasteiger partial charge >= 0.3 is 0 Å². The SMILES string of the molecule is [2H]C([2H])([2H])OC(/C(C#CCCCCOC)=C/C#CCSc1ccccc1)c1ccccc1. The molecular formula is C26H28O2S. The first-order valence-electron chi connectivity index (χ1n) is 11.1. The van der Waals surface area contributed by atoms with Crippen molar-refractivity contribution in [3.63, 3.8) is 0 Å². The van der Waals surface area contributed by atoms with Gasteiger partial charge in [0.1, 0.15) is 6.10 Å². The predicted octanol–water partition coefficient (Wildman–Crippen LogP) is 5.92. The average molecular weight is 408 g/mol. The van der Waals surface area contributed by atoms with Crippen LogP contribution < -0.4 is 0 Å². The van der Waals surface area contributed by atoms with Gasteiger partial charge in [0, 0.05) is 43.7 Å². The molecule has 29 heavy (non-hydrogen) atoms. The molecule has 0 radical (unpaired) electrons. The van der Waals surface area contributed by atoms with Crippen LogP contribution in [0.5, 0.6) is 0 Å². The van der Waals surface area contributed by atoms with Crippen LogP contribution in [0.3, 0.4) is 0 Å². The van der Waals surface area contributed by atoms with E-state index in [4.69, 9.17) is 13.6 Å². The van der Waals surface area contributed by atoms with Gasteiger partial charge in [-0.2, -0.15) is 0 Å². The Labute approximate surface area is 183 Å². The van der Waals surface area contributed by atoms with E-state index in [0.717, 1.165) is 23.3 Å². The summed E-state index contributed by atoms with van der Waals surface area (Å²) >= 11 is 1.64. The molecule has 0 spiro atoms. The molecule has 0 N–H and O–H groups in total. The Hall–Kier alpha value is -2.43. The second-order valence-electron chi connectivity index (χ2n) is 6.18. The van der Waals surface area contributed by atoms with E-state index in [2.05, 4.69) is 23.7 Å². The molecule has 0 fully saturated rings. The summed E-state index contributed by atoms with van der Waals surface area (Å²) in [4.78, 5) is 1.15. The first-order chi connectivity index (χ1) is 15.5. The molecule has 0 heterocycles. The summed E-state index contributed by atoms with van der Waals surface area (Å²) in [6.45, 7) is 0.698. The monoisotopic (exact) mass is 407 g/mol. The van der Waals surface area contributed by atoms with Crippen LogP contribution in [0.1, 0.15) is 35.0 Å². The van der Waals surface area contributed by atoms with E-state index < -0.39 is 13.1 Å². The second-order valence-corrected chi connectivity index (χ2v) is 7.23. The van der Waals surface area contributed by atoms with Gasteiger partial charge < -0.3 is 9.47 Å². The van der Waals surface area contributed by atoms with Crippen molar-refractivity contribution < 1.29 is 13.6 Å². The number of rotatable bonds is 9. The minimum absolute atomic E-state index is 0.538. The van der Waals surface area contributed by atoms with Gasteiger partial charge in [0.2, 0.25) is 0 Å². The summed E-state index contributed by atoms with van der Waals surface area (Å²) in [7, 11) is -0.881. The van der Waals surface area contributed by atoms with Gasteiger partial charge in [-0.1, -0.05) is 72.2 Å². The second kappa shape index (κ2) is 14.6. The van der Waals surface area contributed by atoms with Crippen LogP contribution >= 0.6 is 11.8 Å². The van der Waals surface area contributed by atoms with Gasteiger partial charge in [-0.3, -0.25) is 0 Å². The third-order valence-electron chi connectivity index (χ3n) is 4.02. The fourth-order valence-corrected chi connectivity index (χ4v) is 3.22. The van der Waals surface area contributed by atoms with Crippen molar-refractivity contribution in [1.29, 1.82) is 0 Å². The maximum absolute atomic E-state index is 7.61. The molecule has 2 rings (SSSR count). The molecule has 0 amide bonds. The Balaban J connectivity index is 2.21. The molecule has 0 aliphatic rings. The van der Waals surface area contributed by atoms with E-state index in [1.807, 2.05) is 60.7 Å². The van der Waals surface area contributed by atoms with Crippen LogP contribution in [0.2, 0.25) is 0 Å². The molecule has 1 unspecified atom stereocenters. The lowest BCUT2D eigenvalue weighted by Crippen LogP contribution is -2.04. The minimum atomic E-state index is -2.56. The van der Waals surface area contributed by atoms with Crippen LogP contribution in [0.15, 0.2) is 77.2 Å². The standard InChI is InChI=1S/C26H28O2S/c1-27-21-13-4-3-7-15-24(26(28-2)23-16-8-5-9-17-23)18-12-14-22-29-25-19-10-6-11-20-25/h5-6,8-11,16-20,26H,3-4,13,21-22H2,1-2H3/b24-18+/i2D3. The summed E-state index contributed by atoms with van der Waals surface area (Å²) < 4.78 is 33.4. The zero-order chi connectivity index (χ0) is 23.1. The largest absolute Gasteiger partial charge is 0.385 e. The van der Waals surface area contributed by atoms with Crippen molar-refractivity contribution >= 4 is 11.8 Å². The number of allylic oxidation sites excluding steroid dienone is 1. The summed E-state index contributed by atoms with van der Waals surface area (Å²) in [6, 6.07) is 19.3. The van der Waals surface area contributed by atoms with Gasteiger partial charge in [0.25, 0.3) is 0 Å². The maximum atomic E-state index is 7.61. The topological polar surface area (TPSA) is 18.5 Å². The van der Waals surface area contributed by atoms with E-state index in [-0.39, 0.29) is 0 Å². The summed E-state index contributed by atoms with van der Waals surface area (Å²) in [6.07, 6.45) is 3.38. The first kappa shape index (κ1) is 18.6. The Bertz CT molecular complexity index is 949. The zero-order valence-electron chi connectivity index (χ0n) is 19.7. The average Bonchev–Trinajstić information content (AvgIpc) is 2.79. The van der Waals surface area contributed by atoms with Gasteiger partial charge in [0.05, 0.1) is 9.87 Å². The molecule has 2 nitrogen and oxygen atoms in total. The number of methoxy groups -OCH3 is 2. The lowest BCUT2D eigenvalue weighted by Gasteiger charge is -2.15. The number of thioether (sulfide) groups is 1. The van der Waals surface area contributed by atoms with E-state index in [1.165, 1.54) is 0 Å². The number of hydrogen-bond donors (Lipinski definition) is 0. The number of hydrogen-bond acceptors (Lipinski definition) is 3. The van der Waals surface area contributed by atoms with E-state index >= 15 is 0 Å². The van der Waals surface area contributed by atoms with Crippen molar-refractivity contribution in [1.82, 2.24) is 0 Å². The third-order valence-corrected chi connectivity index (χ3v) is 4.91. The fraction of sp³-hybridized carbons (Fsp3) is 0.308. The molecule has 2 aromatic rings. The number of benzene rings is 2. The molecule has 150 valence electrons. The highest BCUT2D eigenvalue weighted by Crippen LogP contribution is 2.24. The maximum Gasteiger partial charge on any atom is 0.116 e. The summed E-state index contributed by atoms with van der Waals surface area (Å²) in [5, 5.41) is 0. The Morgan fingerprint density at radius 2 is 1.83 bits per heavy atom. The molecule has 2 aromatic carbocycles. The minimum Gasteiger partial charge on any atom is -0.385 e. The Morgan fingerprint density at radius 1 is 1.07 bits per heavy atom. The Morgan fingerprint density at radius 3 is 2.55 bits per heavy atom. The van der Waals surface area contributed by atoms with Crippen LogP contribution in [-0.2, 0) is 9.47 Å². The van der Waals surface area contributed by atoms with Crippen LogP contribution in [0.4, 0.5) is 0 Å². The lowest BCUT2D eigenvalue weighted by atomic mass is 10.0. The van der Waals surface area contributed by atoms with Gasteiger partial charge in [-0.25, -0.2) is 0 Å². The summed E-state index contributed by atoms with van der Waals surface area (Å²) in [5.41, 5.74) is 1.26. The van der Waals surface area contributed by atoms with Crippen LogP contribution in [0, 0.1) is 23.7 Å². The summed E-state index contributed by atoms with van der Waals surface area (Å²) in [5.74, 6) is 13.0. The molecular weight excluding hydrogens is 376 g/mol. The molecule has 0 aliphatic carbocycles. The highest BCUT2D eigenvalue weighted by Gasteiger charge is 2.13. The number of ether oxygens (including phenoxy) is 2.